The Morgan fingerprint density at radius 2 is 1.42 bits per heavy atom. The van der Waals surface area contributed by atoms with E-state index in [1.54, 1.807) is 30.3 Å². The van der Waals surface area contributed by atoms with Gasteiger partial charge in [0.1, 0.15) is 5.82 Å². The maximum atomic E-state index is 13.0. The van der Waals surface area contributed by atoms with Crippen LogP contribution in [0.5, 0.6) is 17.2 Å². The Bertz CT molecular complexity index is 1610. The number of imidazole rings is 1. The van der Waals surface area contributed by atoms with Gasteiger partial charge in [-0.3, -0.25) is 23.7 Å². The number of carbonyl (C=O) groups excluding carboxylic acids is 3. The fourth-order valence-corrected chi connectivity index (χ4v) is 3.54. The molecule has 12 heteroatoms. The molecular weight excluding hydrogens is 472 g/mol. The molecule has 0 unspecified atom stereocenters. The number of fused-ring (bicyclic) bond motifs is 1. The molecule has 0 radical (unpaired) electrons. The molecule has 4 aromatic rings. The Labute approximate surface area is 202 Å². The van der Waals surface area contributed by atoms with Crippen LogP contribution in [0, 0.1) is 0 Å². The van der Waals surface area contributed by atoms with E-state index in [4.69, 9.17) is 14.2 Å². The number of aromatic amines is 1. The molecular formula is C24H20N4O8. The largest absolute Gasteiger partial charge is 0.423 e. The van der Waals surface area contributed by atoms with Gasteiger partial charge in [0.15, 0.2) is 22.7 Å². The van der Waals surface area contributed by atoms with Crippen molar-refractivity contribution in [3.8, 4) is 34.3 Å². The first kappa shape index (κ1) is 24.1. The number of benzene rings is 2. The third kappa shape index (κ3) is 4.51. The van der Waals surface area contributed by atoms with Crippen molar-refractivity contribution in [3.63, 3.8) is 0 Å². The zero-order valence-corrected chi connectivity index (χ0v) is 19.6. The number of esters is 3. The van der Waals surface area contributed by atoms with Gasteiger partial charge in [-0.05, 0) is 24.3 Å². The topological polar surface area (TPSA) is 152 Å². The molecule has 0 saturated heterocycles. The molecule has 36 heavy (non-hydrogen) atoms. The van der Waals surface area contributed by atoms with Gasteiger partial charge in [-0.1, -0.05) is 18.2 Å². The van der Waals surface area contributed by atoms with Gasteiger partial charge in [0.25, 0.3) is 5.56 Å². The summed E-state index contributed by atoms with van der Waals surface area (Å²) >= 11 is 0. The first-order chi connectivity index (χ1) is 17.1. The van der Waals surface area contributed by atoms with E-state index in [9.17, 15) is 24.0 Å². The lowest BCUT2D eigenvalue weighted by atomic mass is 10.1. The summed E-state index contributed by atoms with van der Waals surface area (Å²) in [6, 6.07) is 11.3. The molecule has 12 nitrogen and oxygen atoms in total. The zero-order valence-electron chi connectivity index (χ0n) is 19.6. The molecule has 0 bridgehead atoms. The van der Waals surface area contributed by atoms with Gasteiger partial charge >= 0.3 is 23.6 Å². The summed E-state index contributed by atoms with van der Waals surface area (Å²) in [6.07, 6.45) is 0. The van der Waals surface area contributed by atoms with Crippen LogP contribution in [0.25, 0.3) is 28.2 Å². The van der Waals surface area contributed by atoms with Gasteiger partial charge in [0.05, 0.1) is 5.69 Å². The van der Waals surface area contributed by atoms with E-state index in [-0.39, 0.29) is 39.8 Å². The van der Waals surface area contributed by atoms with Crippen LogP contribution in [0.3, 0.4) is 0 Å². The quantitative estimate of drug-likeness (QED) is 0.325. The van der Waals surface area contributed by atoms with Crippen molar-refractivity contribution in [2.45, 2.75) is 20.8 Å². The third-order valence-corrected chi connectivity index (χ3v) is 4.96. The van der Waals surface area contributed by atoms with Crippen molar-refractivity contribution in [2.75, 3.05) is 0 Å². The summed E-state index contributed by atoms with van der Waals surface area (Å²) in [7, 11) is 1.34. The van der Waals surface area contributed by atoms with Gasteiger partial charge in [-0.25, -0.2) is 14.3 Å². The summed E-state index contributed by atoms with van der Waals surface area (Å²) in [5.41, 5.74) is -0.447. The number of hydrogen-bond acceptors (Lipinski definition) is 9. The first-order valence-electron chi connectivity index (χ1n) is 10.6. The van der Waals surface area contributed by atoms with Crippen molar-refractivity contribution >= 4 is 29.1 Å². The maximum Gasteiger partial charge on any atom is 0.337 e. The summed E-state index contributed by atoms with van der Waals surface area (Å²) < 4.78 is 17.7. The summed E-state index contributed by atoms with van der Waals surface area (Å²) in [4.78, 5) is 68.2. The number of ether oxygens (including phenoxy) is 3. The van der Waals surface area contributed by atoms with E-state index in [0.717, 1.165) is 25.3 Å². The highest BCUT2D eigenvalue weighted by molar-refractivity contribution is 5.82. The van der Waals surface area contributed by atoms with Crippen molar-refractivity contribution in [2.24, 2.45) is 7.05 Å². The number of carbonyl (C=O) groups is 3. The second-order valence-corrected chi connectivity index (χ2v) is 7.68. The van der Waals surface area contributed by atoms with Crippen LogP contribution in [-0.4, -0.2) is 37.0 Å². The van der Waals surface area contributed by atoms with Crippen LogP contribution in [0.2, 0.25) is 0 Å². The molecule has 0 aliphatic carbocycles. The van der Waals surface area contributed by atoms with E-state index >= 15 is 0 Å². The Morgan fingerprint density at radius 3 is 1.94 bits per heavy atom. The predicted molar refractivity (Wildman–Crippen MR) is 126 cm³/mol. The van der Waals surface area contributed by atoms with E-state index in [0.29, 0.717) is 5.69 Å². The van der Waals surface area contributed by atoms with Crippen LogP contribution in [0.15, 0.2) is 52.1 Å². The van der Waals surface area contributed by atoms with Gasteiger partial charge in [-0.15, -0.1) is 0 Å². The summed E-state index contributed by atoms with van der Waals surface area (Å²) in [5, 5.41) is 0. The normalized spacial score (nSPS) is 10.8. The SMILES string of the molecule is CC(=O)Oc1cc(-c2nc3c([nH]2)c(=O)n(C)c(=O)n3-c2ccccc2)cc(OC(C)=O)c1OC(C)=O. The lowest BCUT2D eigenvalue weighted by molar-refractivity contribution is -0.135. The Kier molecular flexibility index (Phi) is 6.26. The van der Waals surface area contributed by atoms with Crippen LogP contribution < -0.4 is 25.5 Å². The average Bonchev–Trinajstić information content (AvgIpc) is 3.24. The molecule has 2 aromatic carbocycles. The highest BCUT2D eigenvalue weighted by atomic mass is 16.6. The van der Waals surface area contributed by atoms with E-state index < -0.39 is 29.2 Å². The fraction of sp³-hybridized carbons (Fsp3) is 0.167. The Hall–Kier alpha value is -5.00. The lowest BCUT2D eigenvalue weighted by Gasteiger charge is -2.14. The molecule has 0 aliphatic heterocycles. The first-order valence-corrected chi connectivity index (χ1v) is 10.6. The van der Waals surface area contributed by atoms with Crippen molar-refractivity contribution in [1.29, 1.82) is 0 Å². The van der Waals surface area contributed by atoms with Gasteiger partial charge in [-0.2, -0.15) is 0 Å². The molecule has 0 atom stereocenters. The van der Waals surface area contributed by atoms with Gasteiger partial charge < -0.3 is 19.2 Å². The highest BCUT2D eigenvalue weighted by Crippen LogP contribution is 2.42. The standard InChI is InChI=1S/C24H20N4O8/c1-12(29)34-17-10-15(11-18(35-13(2)30)20(17)36-14(3)31)21-25-19-22(26-21)28(16-8-6-5-7-9-16)24(33)27(4)23(19)32/h5-11H,1-4H3,(H,25,26). The number of nitrogens with one attached hydrogen (secondary N) is 1. The van der Waals surface area contributed by atoms with Crippen molar-refractivity contribution < 1.29 is 28.6 Å². The summed E-state index contributed by atoms with van der Waals surface area (Å²) in [6.45, 7) is 3.40. The highest BCUT2D eigenvalue weighted by Gasteiger charge is 2.23. The number of rotatable bonds is 5. The Balaban J connectivity index is 2.02. The molecule has 0 aliphatic rings. The van der Waals surface area contributed by atoms with Gasteiger partial charge in [0.2, 0.25) is 5.75 Å². The number of hydrogen-bond donors (Lipinski definition) is 1. The van der Waals surface area contributed by atoms with E-state index in [1.165, 1.54) is 23.7 Å². The van der Waals surface area contributed by atoms with Crippen LogP contribution in [-0.2, 0) is 21.4 Å². The Morgan fingerprint density at radius 1 is 0.861 bits per heavy atom. The molecule has 184 valence electrons. The zero-order chi connectivity index (χ0) is 26.1. The minimum absolute atomic E-state index is 0.0306. The number of aromatic nitrogens is 4. The monoisotopic (exact) mass is 492 g/mol. The smallest absolute Gasteiger partial charge is 0.337 e. The molecule has 2 heterocycles. The second kappa shape index (κ2) is 9.33. The molecule has 2 aromatic heterocycles. The second-order valence-electron chi connectivity index (χ2n) is 7.68. The molecule has 0 saturated carbocycles. The minimum Gasteiger partial charge on any atom is -0.423 e. The third-order valence-electron chi connectivity index (χ3n) is 4.96. The predicted octanol–water partition coefficient (Wildman–Crippen LogP) is 1.86. The number of para-hydroxylation sites is 1. The van der Waals surface area contributed by atoms with E-state index in [2.05, 4.69) is 9.97 Å². The molecule has 4 rings (SSSR count). The lowest BCUT2D eigenvalue weighted by Crippen LogP contribution is -2.37. The van der Waals surface area contributed by atoms with Crippen LogP contribution in [0.1, 0.15) is 20.8 Å². The molecule has 0 amide bonds. The summed E-state index contributed by atoms with van der Waals surface area (Å²) in [5.74, 6) is -2.85. The van der Waals surface area contributed by atoms with E-state index in [1.807, 2.05) is 0 Å². The van der Waals surface area contributed by atoms with Crippen molar-refractivity contribution in [1.82, 2.24) is 19.1 Å². The minimum atomic E-state index is -0.747. The molecule has 0 spiro atoms. The number of nitrogens with zero attached hydrogens (tertiary/aromatic N) is 3. The fourth-order valence-electron chi connectivity index (χ4n) is 3.54. The van der Waals surface area contributed by atoms with Gasteiger partial charge in [0, 0.05) is 33.4 Å². The average molecular weight is 492 g/mol. The van der Waals surface area contributed by atoms with Crippen molar-refractivity contribution in [3.05, 3.63) is 63.3 Å². The molecule has 0 fully saturated rings. The maximum absolute atomic E-state index is 13.0. The van der Waals surface area contributed by atoms with Crippen LogP contribution in [0.4, 0.5) is 0 Å². The van der Waals surface area contributed by atoms with Crippen LogP contribution >= 0.6 is 0 Å². The number of H-pyrrole nitrogens is 1. The molecule has 1 N–H and O–H groups in total.